The lowest BCUT2D eigenvalue weighted by molar-refractivity contribution is 0.313. The van der Waals surface area contributed by atoms with Crippen LogP contribution < -0.4 is 0 Å². The van der Waals surface area contributed by atoms with Gasteiger partial charge < -0.3 is 0 Å². The molecule has 62 valence electrons. The molecule has 0 N–H and O–H groups in total. The van der Waals surface area contributed by atoms with Gasteiger partial charge in [-0.2, -0.15) is 0 Å². The van der Waals surface area contributed by atoms with Gasteiger partial charge in [0.2, 0.25) is 0 Å². The Morgan fingerprint density at radius 3 is 2.91 bits per heavy atom. The Morgan fingerprint density at radius 1 is 1.73 bits per heavy atom. The van der Waals surface area contributed by atoms with Crippen molar-refractivity contribution in [1.82, 2.24) is 0 Å². The molecule has 2 unspecified atom stereocenters. The van der Waals surface area contributed by atoms with Crippen molar-refractivity contribution in [3.8, 4) is 12.3 Å². The fraction of sp³-hybridized carbons (Fsp3) is 0.800. The Labute approximate surface area is 74.3 Å². The van der Waals surface area contributed by atoms with Gasteiger partial charge >= 0.3 is 0 Å². The second-order valence-corrected chi connectivity index (χ2v) is 4.47. The van der Waals surface area contributed by atoms with E-state index in [0.717, 1.165) is 19.3 Å². The molecule has 11 heavy (non-hydrogen) atoms. The molecular weight excluding hydrogens is 156 g/mol. The van der Waals surface area contributed by atoms with Crippen LogP contribution in [0.5, 0.6) is 0 Å². The smallest absolute Gasteiger partial charge is 0.0341 e. The first kappa shape index (κ1) is 8.94. The molecule has 0 aliphatic heterocycles. The molecule has 0 heterocycles. The summed E-state index contributed by atoms with van der Waals surface area (Å²) in [7, 11) is 0. The van der Waals surface area contributed by atoms with Crippen LogP contribution in [0.15, 0.2) is 0 Å². The summed E-state index contributed by atoms with van der Waals surface area (Å²) >= 11 is 6.02. The summed E-state index contributed by atoms with van der Waals surface area (Å²) in [5, 5.41) is 0.401. The van der Waals surface area contributed by atoms with E-state index < -0.39 is 0 Å². The molecule has 0 radical (unpaired) electrons. The maximum absolute atomic E-state index is 6.02. The summed E-state index contributed by atoms with van der Waals surface area (Å²) in [6.45, 7) is 2.30. The van der Waals surface area contributed by atoms with E-state index in [2.05, 4.69) is 12.8 Å². The minimum absolute atomic E-state index is 0.401. The third-order valence-electron chi connectivity index (χ3n) is 2.65. The molecule has 0 nitrogen and oxygen atoms in total. The lowest BCUT2D eigenvalue weighted by atomic mass is 9.84. The van der Waals surface area contributed by atoms with Crippen LogP contribution in [0.3, 0.4) is 0 Å². The van der Waals surface area contributed by atoms with Gasteiger partial charge in [0.1, 0.15) is 0 Å². The molecule has 0 saturated heterocycles. The van der Waals surface area contributed by atoms with Gasteiger partial charge in [-0.25, -0.2) is 0 Å². The SMILES string of the molecule is C#CCCC1(C)CCC(Cl)C1. The molecule has 0 bridgehead atoms. The number of rotatable bonds is 2. The fourth-order valence-electron chi connectivity index (χ4n) is 1.84. The topological polar surface area (TPSA) is 0 Å². The van der Waals surface area contributed by atoms with Crippen LogP contribution in [0.2, 0.25) is 0 Å². The van der Waals surface area contributed by atoms with E-state index in [4.69, 9.17) is 18.0 Å². The van der Waals surface area contributed by atoms with Crippen molar-refractivity contribution in [1.29, 1.82) is 0 Å². The summed E-state index contributed by atoms with van der Waals surface area (Å²) in [6.07, 6.45) is 10.8. The predicted molar refractivity (Wildman–Crippen MR) is 49.7 cm³/mol. The molecule has 0 aromatic rings. The molecule has 2 atom stereocenters. The second kappa shape index (κ2) is 3.50. The molecule has 1 aliphatic carbocycles. The zero-order valence-electron chi connectivity index (χ0n) is 7.07. The van der Waals surface area contributed by atoms with Crippen molar-refractivity contribution in [2.75, 3.05) is 0 Å². The monoisotopic (exact) mass is 170 g/mol. The van der Waals surface area contributed by atoms with Crippen molar-refractivity contribution in [3.63, 3.8) is 0 Å². The van der Waals surface area contributed by atoms with Gasteiger partial charge in [0.15, 0.2) is 0 Å². The third kappa shape index (κ3) is 2.42. The van der Waals surface area contributed by atoms with E-state index in [0.29, 0.717) is 10.8 Å². The van der Waals surface area contributed by atoms with E-state index in [1.54, 1.807) is 0 Å². The molecule has 0 aromatic carbocycles. The number of halogens is 1. The first-order chi connectivity index (χ1) is 5.16. The standard InChI is InChI=1S/C10H15Cl/c1-3-4-6-10(2)7-5-9(11)8-10/h1,9H,4-8H2,2H3. The van der Waals surface area contributed by atoms with Gasteiger partial charge in [-0.3, -0.25) is 0 Å². The van der Waals surface area contributed by atoms with Crippen molar-refractivity contribution in [2.24, 2.45) is 5.41 Å². The fourth-order valence-corrected chi connectivity index (χ4v) is 2.33. The highest BCUT2D eigenvalue weighted by atomic mass is 35.5. The van der Waals surface area contributed by atoms with E-state index in [9.17, 15) is 0 Å². The van der Waals surface area contributed by atoms with Crippen molar-refractivity contribution < 1.29 is 0 Å². The number of hydrogen-bond acceptors (Lipinski definition) is 0. The average molecular weight is 171 g/mol. The second-order valence-electron chi connectivity index (χ2n) is 3.85. The Bertz CT molecular complexity index is 168. The van der Waals surface area contributed by atoms with Crippen LogP contribution in [0.4, 0.5) is 0 Å². The van der Waals surface area contributed by atoms with E-state index >= 15 is 0 Å². The molecule has 0 aromatic heterocycles. The van der Waals surface area contributed by atoms with Gasteiger partial charge in [0, 0.05) is 11.8 Å². The van der Waals surface area contributed by atoms with E-state index in [1.807, 2.05) is 0 Å². The minimum atomic E-state index is 0.401. The summed E-state index contributed by atoms with van der Waals surface area (Å²) in [4.78, 5) is 0. The molecule has 1 heteroatoms. The maximum atomic E-state index is 6.02. The van der Waals surface area contributed by atoms with Gasteiger partial charge in [-0.05, 0) is 31.1 Å². The summed E-state index contributed by atoms with van der Waals surface area (Å²) in [6, 6.07) is 0. The van der Waals surface area contributed by atoms with Crippen LogP contribution in [-0.2, 0) is 0 Å². The zero-order valence-corrected chi connectivity index (χ0v) is 7.82. The van der Waals surface area contributed by atoms with Crippen molar-refractivity contribution in [2.45, 2.75) is 44.4 Å². The normalized spacial score (nSPS) is 37.0. The maximum Gasteiger partial charge on any atom is 0.0341 e. The van der Waals surface area contributed by atoms with Crippen molar-refractivity contribution in [3.05, 3.63) is 0 Å². The Morgan fingerprint density at radius 2 is 2.45 bits per heavy atom. The quantitative estimate of drug-likeness (QED) is 0.441. The number of hydrogen-bond donors (Lipinski definition) is 0. The first-order valence-electron chi connectivity index (χ1n) is 4.24. The highest BCUT2D eigenvalue weighted by Crippen LogP contribution is 2.43. The van der Waals surface area contributed by atoms with Crippen LogP contribution in [0.1, 0.15) is 39.0 Å². The summed E-state index contributed by atoms with van der Waals surface area (Å²) in [5.41, 5.74) is 0.443. The molecule has 1 saturated carbocycles. The Kier molecular flexibility index (Phi) is 2.84. The molecular formula is C10H15Cl. The first-order valence-corrected chi connectivity index (χ1v) is 4.67. The Balaban J connectivity index is 2.37. The van der Waals surface area contributed by atoms with Crippen LogP contribution in [-0.4, -0.2) is 5.38 Å². The summed E-state index contributed by atoms with van der Waals surface area (Å²) < 4.78 is 0. The molecule has 0 amide bonds. The van der Waals surface area contributed by atoms with E-state index in [-0.39, 0.29) is 0 Å². The van der Waals surface area contributed by atoms with Crippen LogP contribution in [0.25, 0.3) is 0 Å². The largest absolute Gasteiger partial charge is 0.123 e. The minimum Gasteiger partial charge on any atom is -0.123 e. The number of terminal acetylenes is 1. The van der Waals surface area contributed by atoms with Gasteiger partial charge in [0.25, 0.3) is 0 Å². The highest BCUT2D eigenvalue weighted by Gasteiger charge is 2.33. The van der Waals surface area contributed by atoms with Crippen molar-refractivity contribution >= 4 is 11.6 Å². The van der Waals surface area contributed by atoms with Gasteiger partial charge in [0.05, 0.1) is 0 Å². The molecule has 1 rings (SSSR count). The van der Waals surface area contributed by atoms with Crippen LogP contribution >= 0.6 is 11.6 Å². The lowest BCUT2D eigenvalue weighted by Gasteiger charge is -2.21. The molecule has 0 spiro atoms. The van der Waals surface area contributed by atoms with Gasteiger partial charge in [-0.15, -0.1) is 23.9 Å². The molecule has 1 aliphatic rings. The third-order valence-corrected chi connectivity index (χ3v) is 3.02. The van der Waals surface area contributed by atoms with Gasteiger partial charge in [-0.1, -0.05) is 6.92 Å². The summed E-state index contributed by atoms with van der Waals surface area (Å²) in [5.74, 6) is 2.69. The van der Waals surface area contributed by atoms with Crippen LogP contribution in [0, 0.1) is 17.8 Å². The lowest BCUT2D eigenvalue weighted by Crippen LogP contribution is -2.11. The highest BCUT2D eigenvalue weighted by molar-refractivity contribution is 6.20. The predicted octanol–water partition coefficient (Wildman–Crippen LogP) is 3.20. The average Bonchev–Trinajstić information content (AvgIpc) is 2.28. The zero-order chi connectivity index (χ0) is 8.32. The molecule has 1 fully saturated rings. The number of alkyl halides is 1. The van der Waals surface area contributed by atoms with E-state index in [1.165, 1.54) is 12.8 Å². The Hall–Kier alpha value is -0.150.